The maximum Gasteiger partial charge on any atom is 0.261 e. The molecule has 5 rings (SSSR count). The summed E-state index contributed by atoms with van der Waals surface area (Å²) < 4.78 is 20.8. The number of para-hydroxylation sites is 1. The first-order valence-corrected chi connectivity index (χ1v) is 10.6. The van der Waals surface area contributed by atoms with E-state index >= 15 is 0 Å². The zero-order valence-electron chi connectivity index (χ0n) is 16.4. The third kappa shape index (κ3) is 3.45. The van der Waals surface area contributed by atoms with E-state index in [1.807, 2.05) is 41.9 Å². The number of aromatic nitrogens is 2. The fourth-order valence-electron chi connectivity index (χ4n) is 3.82. The van der Waals surface area contributed by atoms with Crippen molar-refractivity contribution in [3.63, 3.8) is 0 Å². The average molecular weight is 421 g/mol. The van der Waals surface area contributed by atoms with Crippen LogP contribution in [0.1, 0.15) is 39.0 Å². The molecule has 0 spiro atoms. The fraction of sp³-hybridized carbons (Fsp3) is 0.217. The number of amides is 1. The lowest BCUT2D eigenvalue weighted by Crippen LogP contribution is -2.31. The Bertz CT molecular complexity index is 1230. The second-order valence-corrected chi connectivity index (χ2v) is 8.43. The molecule has 0 fully saturated rings. The van der Waals surface area contributed by atoms with Gasteiger partial charge in [0.25, 0.3) is 5.91 Å². The van der Waals surface area contributed by atoms with Crippen molar-refractivity contribution in [3.05, 3.63) is 82.1 Å². The van der Waals surface area contributed by atoms with Crippen LogP contribution < -0.4 is 10.1 Å². The van der Waals surface area contributed by atoms with Gasteiger partial charge in [-0.1, -0.05) is 30.3 Å². The maximum atomic E-state index is 13.2. The minimum atomic E-state index is -0.259. The summed E-state index contributed by atoms with van der Waals surface area (Å²) in [6.07, 6.45) is 0.741. The molecule has 1 atom stereocenters. The largest absolute Gasteiger partial charge is 0.493 e. The van der Waals surface area contributed by atoms with E-state index in [-0.39, 0.29) is 17.8 Å². The number of carbonyl (C=O) groups excluding carboxylic acids is 1. The van der Waals surface area contributed by atoms with Gasteiger partial charge in [0.05, 0.1) is 29.8 Å². The number of thiophene rings is 1. The number of hydrogen-bond acceptors (Lipinski definition) is 4. The lowest BCUT2D eigenvalue weighted by Gasteiger charge is -2.26. The Hall–Kier alpha value is -3.19. The molecule has 1 aliphatic rings. The number of ether oxygens (including phenoxy) is 1. The summed E-state index contributed by atoms with van der Waals surface area (Å²) in [5, 5.41) is 8.73. The van der Waals surface area contributed by atoms with Gasteiger partial charge in [0.2, 0.25) is 0 Å². The number of fused-ring (bicyclic) bond motifs is 2. The topological polar surface area (TPSA) is 56.2 Å². The molecule has 2 aromatic carbocycles. The van der Waals surface area contributed by atoms with Gasteiger partial charge in [-0.15, -0.1) is 11.3 Å². The van der Waals surface area contributed by atoms with E-state index in [0.717, 1.165) is 39.2 Å². The summed E-state index contributed by atoms with van der Waals surface area (Å²) in [7, 11) is 0. The van der Waals surface area contributed by atoms with Gasteiger partial charge in [-0.25, -0.2) is 4.39 Å². The van der Waals surface area contributed by atoms with Gasteiger partial charge in [-0.2, -0.15) is 5.10 Å². The fourth-order valence-corrected chi connectivity index (χ4v) is 4.88. The van der Waals surface area contributed by atoms with Crippen LogP contribution in [0, 0.1) is 12.7 Å². The van der Waals surface area contributed by atoms with E-state index in [2.05, 4.69) is 10.4 Å². The van der Waals surface area contributed by atoms with Crippen LogP contribution in [-0.2, 0) is 6.54 Å². The Morgan fingerprint density at radius 1 is 1.27 bits per heavy atom. The number of nitrogens with one attached hydrogen (secondary N) is 1. The molecule has 0 aliphatic carbocycles. The molecule has 7 heteroatoms. The number of halogens is 1. The summed E-state index contributed by atoms with van der Waals surface area (Å²) in [5.74, 6) is 0.479. The second kappa shape index (κ2) is 7.57. The van der Waals surface area contributed by atoms with Crippen LogP contribution >= 0.6 is 11.3 Å². The predicted octanol–water partition coefficient (Wildman–Crippen LogP) is 4.85. The molecule has 0 unspecified atom stereocenters. The molecule has 5 nitrogen and oxygen atoms in total. The maximum absolute atomic E-state index is 13.2. The minimum absolute atomic E-state index is 0.0653. The number of hydrogen-bond donors (Lipinski definition) is 1. The quantitative estimate of drug-likeness (QED) is 0.513. The summed E-state index contributed by atoms with van der Waals surface area (Å²) in [4.78, 5) is 14.6. The van der Waals surface area contributed by atoms with Crippen molar-refractivity contribution in [3.8, 4) is 5.75 Å². The number of rotatable bonds is 4. The van der Waals surface area contributed by atoms with Crippen LogP contribution in [0.2, 0.25) is 0 Å². The summed E-state index contributed by atoms with van der Waals surface area (Å²) in [6, 6.07) is 16.1. The van der Waals surface area contributed by atoms with Crippen LogP contribution in [0.25, 0.3) is 10.2 Å². The minimum Gasteiger partial charge on any atom is -0.493 e. The third-order valence-electron chi connectivity index (χ3n) is 5.34. The molecule has 1 amide bonds. The highest BCUT2D eigenvalue weighted by atomic mass is 32.1. The monoisotopic (exact) mass is 421 g/mol. The summed E-state index contributed by atoms with van der Waals surface area (Å²) in [5.41, 5.74) is 2.84. The van der Waals surface area contributed by atoms with E-state index in [4.69, 9.17) is 4.74 Å². The molecule has 3 heterocycles. The Morgan fingerprint density at radius 3 is 2.90 bits per heavy atom. The lowest BCUT2D eigenvalue weighted by molar-refractivity contribution is 0.0929. The molecule has 0 saturated carbocycles. The zero-order valence-corrected chi connectivity index (χ0v) is 17.2. The molecule has 0 bridgehead atoms. The average Bonchev–Trinajstić information content (AvgIpc) is 3.31. The number of nitrogens with zero attached hydrogens (tertiary/aromatic N) is 2. The Morgan fingerprint density at radius 2 is 2.07 bits per heavy atom. The highest BCUT2D eigenvalue weighted by Gasteiger charge is 2.24. The highest BCUT2D eigenvalue weighted by Crippen LogP contribution is 2.33. The van der Waals surface area contributed by atoms with E-state index in [1.165, 1.54) is 23.5 Å². The molecule has 0 radical (unpaired) electrons. The van der Waals surface area contributed by atoms with Crippen LogP contribution in [0.4, 0.5) is 4.39 Å². The van der Waals surface area contributed by atoms with Crippen LogP contribution in [-0.4, -0.2) is 22.3 Å². The van der Waals surface area contributed by atoms with Gasteiger partial charge in [0.15, 0.2) is 0 Å². The Labute approximate surface area is 177 Å². The van der Waals surface area contributed by atoms with Crippen molar-refractivity contribution in [2.45, 2.75) is 25.9 Å². The number of aryl methyl sites for hydroxylation is 1. The van der Waals surface area contributed by atoms with Crippen LogP contribution in [0.5, 0.6) is 5.75 Å². The highest BCUT2D eigenvalue weighted by molar-refractivity contribution is 7.20. The Balaban J connectivity index is 1.40. The van der Waals surface area contributed by atoms with Gasteiger partial charge >= 0.3 is 0 Å². The van der Waals surface area contributed by atoms with E-state index < -0.39 is 0 Å². The first-order chi connectivity index (χ1) is 14.6. The molecule has 1 N–H and O–H groups in total. The SMILES string of the molecule is Cc1nn(Cc2ccc(F)cc2)c2sc(C(=O)N[C@@H]3CCOc4ccccc43)cc12. The van der Waals surface area contributed by atoms with Crippen LogP contribution in [0.15, 0.2) is 54.6 Å². The number of benzene rings is 2. The molecule has 4 aromatic rings. The van der Waals surface area contributed by atoms with Gasteiger partial charge in [0, 0.05) is 17.4 Å². The zero-order chi connectivity index (χ0) is 20.7. The third-order valence-corrected chi connectivity index (χ3v) is 6.49. The first kappa shape index (κ1) is 18.8. The van der Waals surface area contributed by atoms with E-state index in [0.29, 0.717) is 18.0 Å². The van der Waals surface area contributed by atoms with E-state index in [9.17, 15) is 9.18 Å². The molecule has 2 aromatic heterocycles. The molecule has 30 heavy (non-hydrogen) atoms. The molecular weight excluding hydrogens is 401 g/mol. The van der Waals surface area contributed by atoms with Crippen molar-refractivity contribution in [2.75, 3.05) is 6.61 Å². The van der Waals surface area contributed by atoms with Gasteiger partial charge in [-0.3, -0.25) is 9.48 Å². The van der Waals surface area contributed by atoms with Gasteiger partial charge in [0.1, 0.15) is 16.4 Å². The smallest absolute Gasteiger partial charge is 0.261 e. The molecular formula is C23H20FN3O2S. The second-order valence-electron chi connectivity index (χ2n) is 7.40. The van der Waals surface area contributed by atoms with Gasteiger partial charge < -0.3 is 10.1 Å². The molecule has 152 valence electrons. The standard InChI is InChI=1S/C23H20FN3O2S/c1-14-18-12-21(22(28)25-19-10-11-29-20-5-3-2-4-17(19)20)30-23(18)27(26-14)13-15-6-8-16(24)9-7-15/h2-9,12,19H,10-11,13H2,1H3,(H,25,28)/t19-/m1/s1. The van der Waals surface area contributed by atoms with E-state index in [1.54, 1.807) is 12.1 Å². The van der Waals surface area contributed by atoms with Gasteiger partial charge in [-0.05, 0) is 36.8 Å². The van der Waals surface area contributed by atoms with Crippen molar-refractivity contribution in [1.82, 2.24) is 15.1 Å². The normalized spacial score (nSPS) is 15.6. The van der Waals surface area contributed by atoms with Crippen LogP contribution in [0.3, 0.4) is 0 Å². The molecule has 1 aliphatic heterocycles. The summed E-state index contributed by atoms with van der Waals surface area (Å²) in [6.45, 7) is 3.05. The summed E-state index contributed by atoms with van der Waals surface area (Å²) >= 11 is 1.43. The number of carbonyl (C=O) groups is 1. The van der Waals surface area contributed by atoms with Crippen molar-refractivity contribution >= 4 is 27.5 Å². The predicted molar refractivity (Wildman–Crippen MR) is 115 cm³/mol. The lowest BCUT2D eigenvalue weighted by atomic mass is 10.0. The van der Waals surface area contributed by atoms with Crippen molar-refractivity contribution < 1.29 is 13.9 Å². The first-order valence-electron chi connectivity index (χ1n) is 9.82. The van der Waals surface area contributed by atoms with Crippen molar-refractivity contribution in [2.24, 2.45) is 0 Å². The molecule has 0 saturated heterocycles. The van der Waals surface area contributed by atoms with Crippen molar-refractivity contribution in [1.29, 1.82) is 0 Å². The Kier molecular flexibility index (Phi) is 4.75.